The molecule has 0 aliphatic rings. The van der Waals surface area contributed by atoms with Crippen molar-refractivity contribution in [3.8, 4) is 17.1 Å². The average molecular weight is 482 g/mol. The van der Waals surface area contributed by atoms with Crippen LogP contribution in [0.15, 0.2) is 71.9 Å². The molecule has 0 saturated heterocycles. The average Bonchev–Trinajstić information content (AvgIpc) is 3.24. The fraction of sp³-hybridized carbons (Fsp3) is 0.167. The molecule has 8 nitrogen and oxygen atoms in total. The summed E-state index contributed by atoms with van der Waals surface area (Å²) >= 11 is 0. The Morgan fingerprint density at radius 3 is 2.57 bits per heavy atom. The number of carbonyl (C=O) groups is 1. The Bertz CT molecular complexity index is 1460. The van der Waals surface area contributed by atoms with Gasteiger partial charge in [-0.1, -0.05) is 12.1 Å². The number of anilines is 1. The quantitative estimate of drug-likeness (QED) is 0.422. The summed E-state index contributed by atoms with van der Waals surface area (Å²) in [6.07, 6.45) is -1.64. The Kier molecular flexibility index (Phi) is 6.16. The Hall–Kier alpha value is -4.41. The predicted molar refractivity (Wildman–Crippen MR) is 124 cm³/mol. The Morgan fingerprint density at radius 2 is 1.89 bits per heavy atom. The Morgan fingerprint density at radius 1 is 1.11 bits per heavy atom. The first-order chi connectivity index (χ1) is 16.5. The van der Waals surface area contributed by atoms with E-state index in [0.29, 0.717) is 11.5 Å². The maximum absolute atomic E-state index is 13.1. The number of pyridine rings is 1. The van der Waals surface area contributed by atoms with Gasteiger partial charge in [-0.05, 0) is 48.9 Å². The fourth-order valence-corrected chi connectivity index (χ4v) is 3.62. The molecular weight excluding hydrogens is 461 g/mol. The molecule has 35 heavy (non-hydrogen) atoms. The number of nitrogens with two attached hydrogens (primary N) is 1. The highest BCUT2D eigenvalue weighted by Crippen LogP contribution is 2.32. The molecule has 0 aliphatic heterocycles. The topological polar surface area (TPSA) is 108 Å². The third kappa shape index (κ3) is 5.08. The van der Waals surface area contributed by atoms with Crippen LogP contribution in [0.4, 0.5) is 18.9 Å². The molecule has 2 aromatic carbocycles. The van der Waals surface area contributed by atoms with Crippen molar-refractivity contribution in [3.05, 3.63) is 94.2 Å². The lowest BCUT2D eigenvalue weighted by atomic mass is 10.0. The SMILES string of the molecule is C[C@@H](NC(=O)c1ccc(=O)n(-c2cccc(-c3nncn3C)c2)c1)c1cc(N)cc(C(F)(F)F)c1. The smallest absolute Gasteiger partial charge is 0.399 e. The summed E-state index contributed by atoms with van der Waals surface area (Å²) in [5, 5.41) is 10.6. The van der Waals surface area contributed by atoms with Gasteiger partial charge in [-0.25, -0.2) is 0 Å². The largest absolute Gasteiger partial charge is 0.416 e. The number of nitrogens with zero attached hydrogens (tertiary/aromatic N) is 4. The van der Waals surface area contributed by atoms with Gasteiger partial charge in [-0.2, -0.15) is 13.2 Å². The van der Waals surface area contributed by atoms with Crippen LogP contribution in [-0.4, -0.2) is 25.2 Å². The lowest BCUT2D eigenvalue weighted by Gasteiger charge is -2.18. The summed E-state index contributed by atoms with van der Waals surface area (Å²) in [6, 6.07) is 12.0. The molecule has 0 saturated carbocycles. The van der Waals surface area contributed by atoms with E-state index in [1.165, 1.54) is 29.0 Å². The molecule has 1 amide bonds. The minimum Gasteiger partial charge on any atom is -0.399 e. The van der Waals surface area contributed by atoms with Crippen molar-refractivity contribution >= 4 is 11.6 Å². The molecule has 0 unspecified atom stereocenters. The van der Waals surface area contributed by atoms with Crippen molar-refractivity contribution in [2.24, 2.45) is 7.05 Å². The number of amides is 1. The lowest BCUT2D eigenvalue weighted by molar-refractivity contribution is -0.137. The zero-order valence-electron chi connectivity index (χ0n) is 18.7. The van der Waals surface area contributed by atoms with Crippen molar-refractivity contribution in [1.29, 1.82) is 0 Å². The van der Waals surface area contributed by atoms with Crippen molar-refractivity contribution in [1.82, 2.24) is 24.6 Å². The van der Waals surface area contributed by atoms with E-state index in [1.807, 2.05) is 6.07 Å². The molecule has 2 heterocycles. The van der Waals surface area contributed by atoms with Crippen LogP contribution in [0, 0.1) is 0 Å². The normalized spacial score (nSPS) is 12.4. The Labute approximate surface area is 197 Å². The molecule has 4 aromatic rings. The maximum Gasteiger partial charge on any atom is 0.416 e. The highest BCUT2D eigenvalue weighted by Gasteiger charge is 2.31. The van der Waals surface area contributed by atoms with Crippen molar-refractivity contribution in [2.75, 3.05) is 5.73 Å². The van der Waals surface area contributed by atoms with Crippen LogP contribution in [-0.2, 0) is 13.2 Å². The molecule has 2 aromatic heterocycles. The van der Waals surface area contributed by atoms with Gasteiger partial charge in [-0.15, -0.1) is 10.2 Å². The number of nitrogen functional groups attached to an aromatic ring is 1. The molecule has 1 atom stereocenters. The summed E-state index contributed by atoms with van der Waals surface area (Å²) in [7, 11) is 1.79. The van der Waals surface area contributed by atoms with Gasteiger partial charge in [-0.3, -0.25) is 14.2 Å². The van der Waals surface area contributed by atoms with Gasteiger partial charge in [0.2, 0.25) is 0 Å². The molecule has 11 heteroatoms. The molecule has 4 rings (SSSR count). The van der Waals surface area contributed by atoms with Gasteiger partial charge >= 0.3 is 6.18 Å². The third-order valence-electron chi connectivity index (χ3n) is 5.42. The second-order valence-corrected chi connectivity index (χ2v) is 8.02. The summed E-state index contributed by atoms with van der Waals surface area (Å²) in [6.45, 7) is 1.55. The first-order valence-electron chi connectivity index (χ1n) is 10.5. The van der Waals surface area contributed by atoms with E-state index < -0.39 is 23.7 Å². The molecule has 0 aliphatic carbocycles. The molecule has 0 bridgehead atoms. The summed E-state index contributed by atoms with van der Waals surface area (Å²) in [4.78, 5) is 25.4. The van der Waals surface area contributed by atoms with E-state index in [0.717, 1.165) is 17.7 Å². The van der Waals surface area contributed by atoms with Crippen molar-refractivity contribution < 1.29 is 18.0 Å². The number of rotatable bonds is 5. The third-order valence-corrected chi connectivity index (χ3v) is 5.42. The fourth-order valence-electron chi connectivity index (χ4n) is 3.62. The number of benzene rings is 2. The van der Waals surface area contributed by atoms with Gasteiger partial charge in [0.1, 0.15) is 6.33 Å². The van der Waals surface area contributed by atoms with Crippen LogP contribution < -0.4 is 16.6 Å². The lowest BCUT2D eigenvalue weighted by Crippen LogP contribution is -2.28. The van der Waals surface area contributed by atoms with Crippen LogP contribution in [0.25, 0.3) is 17.1 Å². The minimum atomic E-state index is -4.57. The van der Waals surface area contributed by atoms with E-state index in [-0.39, 0.29) is 22.4 Å². The highest BCUT2D eigenvalue weighted by molar-refractivity contribution is 5.94. The van der Waals surface area contributed by atoms with Gasteiger partial charge in [0.25, 0.3) is 11.5 Å². The van der Waals surface area contributed by atoms with Crippen molar-refractivity contribution in [2.45, 2.75) is 19.1 Å². The van der Waals surface area contributed by atoms with Gasteiger partial charge in [0, 0.05) is 36.2 Å². The Balaban J connectivity index is 1.61. The number of hydrogen-bond donors (Lipinski definition) is 2. The number of aryl methyl sites for hydroxylation is 1. The van der Waals surface area contributed by atoms with Gasteiger partial charge < -0.3 is 15.6 Å². The molecule has 180 valence electrons. The van der Waals surface area contributed by atoms with Crippen LogP contribution >= 0.6 is 0 Å². The second-order valence-electron chi connectivity index (χ2n) is 8.02. The number of nitrogens with one attached hydrogen (secondary N) is 1. The van der Waals surface area contributed by atoms with E-state index in [2.05, 4.69) is 15.5 Å². The summed E-state index contributed by atoms with van der Waals surface area (Å²) in [5.74, 6) is 0.0367. The van der Waals surface area contributed by atoms with Gasteiger partial charge in [0.15, 0.2) is 5.82 Å². The molecular formula is C24H21F3N6O2. The number of carbonyl (C=O) groups excluding carboxylic acids is 1. The predicted octanol–water partition coefficient (Wildman–Crippen LogP) is 3.73. The molecule has 0 spiro atoms. The standard InChI is InChI=1S/C24H21F3N6O2/c1-14(17-8-18(24(25,26)27)11-19(28)9-17)30-23(35)16-6-7-21(34)33(12-16)20-5-3-4-15(10-20)22-31-29-13-32(22)2/h3-14H,28H2,1-2H3,(H,30,35)/t14-/m1/s1. The van der Waals surface area contributed by atoms with Crippen LogP contribution in [0.1, 0.15) is 34.5 Å². The molecule has 0 radical (unpaired) electrons. The van der Waals surface area contributed by atoms with Crippen LogP contribution in [0.2, 0.25) is 0 Å². The molecule has 0 fully saturated rings. The van der Waals surface area contributed by atoms with E-state index in [1.54, 1.807) is 43.1 Å². The van der Waals surface area contributed by atoms with Crippen LogP contribution in [0.3, 0.4) is 0 Å². The van der Waals surface area contributed by atoms with E-state index in [9.17, 15) is 22.8 Å². The first kappa shape index (κ1) is 23.7. The van der Waals surface area contributed by atoms with Crippen LogP contribution in [0.5, 0.6) is 0 Å². The number of hydrogen-bond acceptors (Lipinski definition) is 5. The van der Waals surface area contributed by atoms with E-state index >= 15 is 0 Å². The van der Waals surface area contributed by atoms with Crippen molar-refractivity contribution in [3.63, 3.8) is 0 Å². The summed E-state index contributed by atoms with van der Waals surface area (Å²) < 4.78 is 42.5. The monoisotopic (exact) mass is 482 g/mol. The molecule has 3 N–H and O–H groups in total. The minimum absolute atomic E-state index is 0.0627. The maximum atomic E-state index is 13.1. The number of halogens is 3. The zero-order valence-corrected chi connectivity index (χ0v) is 18.7. The summed E-state index contributed by atoms with van der Waals surface area (Å²) in [5.41, 5.74) is 5.89. The highest BCUT2D eigenvalue weighted by atomic mass is 19.4. The van der Waals surface area contributed by atoms with E-state index in [4.69, 9.17) is 5.73 Å². The zero-order chi connectivity index (χ0) is 25.3. The number of aromatic nitrogens is 4. The second kappa shape index (κ2) is 9.09. The van der Waals surface area contributed by atoms with Gasteiger partial charge in [0.05, 0.1) is 17.2 Å². The first-order valence-corrected chi connectivity index (χ1v) is 10.5. The number of alkyl halides is 3.